The molecule has 2 N–H and O–H groups in total. The lowest BCUT2D eigenvalue weighted by molar-refractivity contribution is -0.145. The number of aromatic nitrogens is 3. The third-order valence-corrected chi connectivity index (χ3v) is 8.21. The van der Waals surface area contributed by atoms with Gasteiger partial charge in [0.1, 0.15) is 11.0 Å². The van der Waals surface area contributed by atoms with Crippen molar-refractivity contribution in [3.63, 3.8) is 0 Å². The molecule has 2 aromatic carbocycles. The molecule has 2 aromatic heterocycles. The summed E-state index contributed by atoms with van der Waals surface area (Å²) in [6, 6.07) is 15.0. The Hall–Kier alpha value is -3.19. The van der Waals surface area contributed by atoms with Gasteiger partial charge in [-0.15, -0.1) is 21.5 Å². The number of thiazole rings is 1. The maximum atomic E-state index is 12.7. The summed E-state index contributed by atoms with van der Waals surface area (Å²) in [5.74, 6) is -0.210. The van der Waals surface area contributed by atoms with E-state index in [1.165, 1.54) is 0 Å². The number of benzene rings is 2. The fourth-order valence-electron chi connectivity index (χ4n) is 3.84. The fraction of sp³-hybridized carbons (Fsp3) is 0.385. The fourth-order valence-corrected chi connectivity index (χ4v) is 6.13. The molecule has 1 aliphatic carbocycles. The van der Waals surface area contributed by atoms with Crippen molar-refractivity contribution in [3.8, 4) is 11.1 Å². The number of unbranched alkanes of at least 4 members (excludes halogenated alkanes) is 1. The first-order valence-corrected chi connectivity index (χ1v) is 14.9. The molecule has 0 aliphatic heterocycles. The average Bonchev–Trinajstić information content (AvgIpc) is 3.43. The molecule has 1 fully saturated rings. The number of nitrogens with one attached hydrogen (secondary N) is 2. The summed E-state index contributed by atoms with van der Waals surface area (Å²) >= 11 is 1.55. The Morgan fingerprint density at radius 3 is 2.68 bits per heavy atom. The van der Waals surface area contributed by atoms with E-state index in [2.05, 4.69) is 42.8 Å². The standard InChI is InChI=1S/C26H29N5O5S2/c1-2-3-13-35-26(32)21(31-38(33,34)30-19-10-11-19)15-23-28-29-24(36-23)16-25-27-20-12-9-18(14-22(20)37-25)17-7-5-4-6-8-17/h4-9,12,14,19,21,30-31H,2-3,10-11,13,15-16H2,1H3/t21-/m0/s1. The lowest BCUT2D eigenvalue weighted by atomic mass is 10.1. The highest BCUT2D eigenvalue weighted by molar-refractivity contribution is 7.87. The van der Waals surface area contributed by atoms with Crippen LogP contribution in [0.5, 0.6) is 0 Å². The molecule has 38 heavy (non-hydrogen) atoms. The van der Waals surface area contributed by atoms with Crippen LogP contribution in [0.25, 0.3) is 21.3 Å². The van der Waals surface area contributed by atoms with Crippen molar-refractivity contribution in [1.29, 1.82) is 0 Å². The van der Waals surface area contributed by atoms with E-state index in [1.54, 1.807) is 11.3 Å². The van der Waals surface area contributed by atoms with Crippen molar-refractivity contribution in [3.05, 3.63) is 65.3 Å². The molecule has 2 heterocycles. The van der Waals surface area contributed by atoms with E-state index in [9.17, 15) is 13.2 Å². The van der Waals surface area contributed by atoms with Crippen molar-refractivity contribution < 1.29 is 22.4 Å². The molecule has 200 valence electrons. The Morgan fingerprint density at radius 2 is 1.92 bits per heavy atom. The summed E-state index contributed by atoms with van der Waals surface area (Å²) in [5, 5.41) is 8.94. The Bertz CT molecular complexity index is 1500. The van der Waals surface area contributed by atoms with Crippen LogP contribution in [0, 0.1) is 0 Å². The topological polar surface area (TPSA) is 136 Å². The van der Waals surface area contributed by atoms with Gasteiger partial charge in [0.05, 0.1) is 29.7 Å². The van der Waals surface area contributed by atoms with Crippen molar-refractivity contribution in [1.82, 2.24) is 24.6 Å². The first kappa shape index (κ1) is 26.4. The van der Waals surface area contributed by atoms with E-state index >= 15 is 0 Å². The van der Waals surface area contributed by atoms with Gasteiger partial charge in [-0.3, -0.25) is 4.79 Å². The van der Waals surface area contributed by atoms with Gasteiger partial charge in [-0.1, -0.05) is 49.7 Å². The van der Waals surface area contributed by atoms with Gasteiger partial charge in [-0.25, -0.2) is 4.98 Å². The van der Waals surface area contributed by atoms with Crippen LogP contribution >= 0.6 is 11.3 Å². The van der Waals surface area contributed by atoms with Gasteiger partial charge in [0, 0.05) is 6.04 Å². The largest absolute Gasteiger partial charge is 0.464 e. The van der Waals surface area contributed by atoms with Gasteiger partial charge in [-0.2, -0.15) is 17.9 Å². The van der Waals surface area contributed by atoms with Gasteiger partial charge in [0.2, 0.25) is 11.8 Å². The van der Waals surface area contributed by atoms with Gasteiger partial charge in [0.15, 0.2) is 0 Å². The predicted octanol–water partition coefficient (Wildman–Crippen LogP) is 3.78. The molecule has 5 rings (SSSR count). The van der Waals surface area contributed by atoms with E-state index in [4.69, 9.17) is 9.15 Å². The second-order valence-corrected chi connectivity index (χ2v) is 11.8. The first-order valence-electron chi connectivity index (χ1n) is 12.6. The minimum absolute atomic E-state index is 0.100. The highest BCUT2D eigenvalue weighted by Gasteiger charge is 2.32. The summed E-state index contributed by atoms with van der Waals surface area (Å²) in [5.41, 5.74) is 3.14. The van der Waals surface area contributed by atoms with Crippen molar-refractivity contribution in [2.45, 2.75) is 57.5 Å². The van der Waals surface area contributed by atoms with Crippen molar-refractivity contribution in [2.24, 2.45) is 0 Å². The van der Waals surface area contributed by atoms with Crippen molar-refractivity contribution >= 4 is 37.7 Å². The molecule has 0 amide bonds. The minimum atomic E-state index is -3.89. The molecule has 0 unspecified atom stereocenters. The first-order chi connectivity index (χ1) is 18.4. The molecule has 0 saturated heterocycles. The minimum Gasteiger partial charge on any atom is -0.464 e. The molecule has 10 nitrogen and oxygen atoms in total. The molecule has 0 spiro atoms. The monoisotopic (exact) mass is 555 g/mol. The number of esters is 1. The summed E-state index contributed by atoms with van der Waals surface area (Å²) in [6.07, 6.45) is 3.29. The number of carbonyl (C=O) groups is 1. The Labute approximate surface area is 225 Å². The maximum Gasteiger partial charge on any atom is 0.324 e. The predicted molar refractivity (Wildman–Crippen MR) is 144 cm³/mol. The maximum absolute atomic E-state index is 12.7. The van der Waals surface area contributed by atoms with Gasteiger partial charge < -0.3 is 9.15 Å². The number of nitrogens with zero attached hydrogens (tertiary/aromatic N) is 3. The normalized spacial score (nSPS) is 14.6. The number of hydrogen-bond acceptors (Lipinski definition) is 9. The lowest BCUT2D eigenvalue weighted by Gasteiger charge is -2.16. The zero-order chi connectivity index (χ0) is 26.5. The molecular formula is C26H29N5O5S2. The van der Waals surface area contributed by atoms with Crippen LogP contribution in [0.2, 0.25) is 0 Å². The zero-order valence-corrected chi connectivity index (χ0v) is 22.6. The highest BCUT2D eigenvalue weighted by Crippen LogP contribution is 2.29. The van der Waals surface area contributed by atoms with Crippen LogP contribution in [0.1, 0.15) is 49.4 Å². The average molecular weight is 556 g/mol. The van der Waals surface area contributed by atoms with Gasteiger partial charge >= 0.3 is 5.97 Å². The van der Waals surface area contributed by atoms with Gasteiger partial charge in [-0.05, 0) is 42.5 Å². The van der Waals surface area contributed by atoms with Gasteiger partial charge in [0.25, 0.3) is 10.2 Å². The molecule has 4 aromatic rings. The van der Waals surface area contributed by atoms with E-state index < -0.39 is 22.2 Å². The summed E-state index contributed by atoms with van der Waals surface area (Å²) in [6.45, 7) is 2.18. The van der Waals surface area contributed by atoms with Crippen LogP contribution in [0.3, 0.4) is 0 Å². The summed E-state index contributed by atoms with van der Waals surface area (Å²) in [4.78, 5) is 17.3. The van der Waals surface area contributed by atoms with Crippen LogP contribution in [0.15, 0.2) is 52.9 Å². The molecule has 0 radical (unpaired) electrons. The second kappa shape index (κ2) is 11.7. The highest BCUT2D eigenvalue weighted by atomic mass is 32.2. The zero-order valence-electron chi connectivity index (χ0n) is 20.9. The van der Waals surface area contributed by atoms with Crippen LogP contribution in [-0.4, -0.2) is 48.3 Å². The number of hydrogen-bond donors (Lipinski definition) is 2. The van der Waals surface area contributed by atoms with E-state index in [0.717, 1.165) is 45.6 Å². The van der Waals surface area contributed by atoms with E-state index in [1.807, 2.05) is 37.3 Å². The van der Waals surface area contributed by atoms with Crippen LogP contribution < -0.4 is 9.44 Å². The number of rotatable bonds is 13. The Balaban J connectivity index is 1.27. The third kappa shape index (κ3) is 7.01. The van der Waals surface area contributed by atoms with E-state index in [-0.39, 0.29) is 25.0 Å². The molecular weight excluding hydrogens is 526 g/mol. The third-order valence-electron chi connectivity index (χ3n) is 5.95. The smallest absolute Gasteiger partial charge is 0.324 e. The number of fused-ring (bicyclic) bond motifs is 1. The Morgan fingerprint density at radius 1 is 1.13 bits per heavy atom. The summed E-state index contributed by atoms with van der Waals surface area (Å²) in [7, 11) is -3.89. The molecule has 12 heteroatoms. The molecule has 1 aliphatic rings. The van der Waals surface area contributed by atoms with Crippen LogP contribution in [0.4, 0.5) is 0 Å². The summed E-state index contributed by atoms with van der Waals surface area (Å²) < 4.78 is 41.9. The molecule has 1 atom stereocenters. The molecule has 1 saturated carbocycles. The van der Waals surface area contributed by atoms with E-state index in [0.29, 0.717) is 18.7 Å². The second-order valence-electron chi connectivity index (χ2n) is 9.21. The van der Waals surface area contributed by atoms with Crippen molar-refractivity contribution in [2.75, 3.05) is 6.61 Å². The lowest BCUT2D eigenvalue weighted by Crippen LogP contribution is -2.48. The number of ether oxygens (including phenoxy) is 1. The quantitative estimate of drug-likeness (QED) is 0.188. The SMILES string of the molecule is CCCCOC(=O)[C@H](Cc1nnc(Cc2nc3ccc(-c4ccccc4)cc3s2)o1)NS(=O)(=O)NC1CC1. The Kier molecular flexibility index (Phi) is 8.12. The van der Waals surface area contributed by atoms with Crippen LogP contribution in [-0.2, 0) is 32.6 Å². The number of carbonyl (C=O) groups excluding carboxylic acids is 1. The molecule has 0 bridgehead atoms.